The fourth-order valence-electron chi connectivity index (χ4n) is 4.08. The first kappa shape index (κ1) is 21.4. The molecule has 0 aliphatic heterocycles. The molecular weight excluding hydrogens is 416 g/mol. The molecule has 166 valence electrons. The second kappa shape index (κ2) is 8.01. The smallest absolute Gasteiger partial charge is 0.330 e. The molecule has 1 aromatic heterocycles. The van der Waals surface area contributed by atoms with E-state index in [9.17, 15) is 14.4 Å². The third-order valence-corrected chi connectivity index (χ3v) is 5.56. The van der Waals surface area contributed by atoms with Crippen LogP contribution in [0.1, 0.15) is 20.7 Å². The Morgan fingerprint density at radius 1 is 0.812 bits per heavy atom. The minimum absolute atomic E-state index is 0.0312. The fourth-order valence-corrected chi connectivity index (χ4v) is 4.08. The number of allylic oxidation sites excluding steroid dienone is 2. The predicted octanol–water partition coefficient (Wildman–Crippen LogP) is 2.50. The largest absolute Gasteiger partial charge is 0.497 e. The molecule has 2 aromatic carbocycles. The number of aromatic nitrogens is 2. The van der Waals surface area contributed by atoms with Gasteiger partial charge in [0.15, 0.2) is 0 Å². The number of Topliss-reactive ketones (excluding diaryl/α,β-unsaturated/α-hetero) is 2. The van der Waals surface area contributed by atoms with Gasteiger partial charge in [0.2, 0.25) is 23.1 Å². The highest BCUT2D eigenvalue weighted by molar-refractivity contribution is 6.29. The number of ketones is 2. The van der Waals surface area contributed by atoms with Gasteiger partial charge in [0.05, 0.1) is 32.4 Å². The maximum absolute atomic E-state index is 13.5. The predicted molar refractivity (Wildman–Crippen MR) is 116 cm³/mol. The van der Waals surface area contributed by atoms with Crippen molar-refractivity contribution in [3.8, 4) is 16.9 Å². The topological polar surface area (TPSA) is 98.0 Å². The van der Waals surface area contributed by atoms with Crippen LogP contribution in [0.3, 0.4) is 0 Å². The molecule has 9 nitrogen and oxygen atoms in total. The van der Waals surface area contributed by atoms with Crippen LogP contribution >= 0.6 is 0 Å². The number of nitrogens with zero attached hydrogens (tertiary/aromatic N) is 2. The van der Waals surface area contributed by atoms with E-state index < -0.39 is 11.6 Å². The van der Waals surface area contributed by atoms with E-state index in [0.29, 0.717) is 27.9 Å². The van der Waals surface area contributed by atoms with Crippen molar-refractivity contribution in [3.05, 3.63) is 63.5 Å². The monoisotopic (exact) mass is 438 g/mol. The molecule has 0 atom stereocenters. The van der Waals surface area contributed by atoms with Gasteiger partial charge in [-0.1, -0.05) is 12.1 Å². The molecule has 0 saturated carbocycles. The highest BCUT2D eigenvalue weighted by Gasteiger charge is 2.38. The van der Waals surface area contributed by atoms with E-state index in [1.54, 1.807) is 38.4 Å². The molecule has 3 aromatic rings. The van der Waals surface area contributed by atoms with Crippen LogP contribution in [0.4, 0.5) is 0 Å². The molecule has 4 rings (SSSR count). The van der Waals surface area contributed by atoms with Crippen molar-refractivity contribution in [3.63, 3.8) is 0 Å². The number of hydrogen-bond donors (Lipinski definition) is 0. The Morgan fingerprint density at radius 2 is 1.44 bits per heavy atom. The lowest BCUT2D eigenvalue weighted by Crippen LogP contribution is -2.25. The Bertz CT molecular complexity index is 1340. The Kier molecular flexibility index (Phi) is 5.35. The van der Waals surface area contributed by atoms with Crippen LogP contribution in [0.2, 0.25) is 0 Å². The maximum atomic E-state index is 13.5. The third-order valence-electron chi connectivity index (χ3n) is 5.56. The zero-order valence-electron chi connectivity index (χ0n) is 18.3. The Labute approximate surface area is 183 Å². The molecule has 0 N–H and O–H groups in total. The maximum Gasteiger partial charge on any atom is 0.330 e. The highest BCUT2D eigenvalue weighted by Crippen LogP contribution is 2.40. The van der Waals surface area contributed by atoms with Gasteiger partial charge in [0, 0.05) is 30.8 Å². The summed E-state index contributed by atoms with van der Waals surface area (Å²) in [5.41, 5.74) is 1.94. The molecule has 0 bridgehead atoms. The molecule has 1 heterocycles. The normalized spacial score (nSPS) is 13.5. The van der Waals surface area contributed by atoms with Crippen molar-refractivity contribution in [2.75, 3.05) is 28.4 Å². The third kappa shape index (κ3) is 2.93. The van der Waals surface area contributed by atoms with E-state index in [-0.39, 0.29) is 35.1 Å². The lowest BCUT2D eigenvalue weighted by Gasteiger charge is -2.22. The van der Waals surface area contributed by atoms with Gasteiger partial charge in [0.25, 0.3) is 0 Å². The van der Waals surface area contributed by atoms with Gasteiger partial charge in [-0.15, -0.1) is 0 Å². The number of aryl methyl sites for hydroxylation is 1. The van der Waals surface area contributed by atoms with Crippen molar-refractivity contribution in [2.24, 2.45) is 7.05 Å². The van der Waals surface area contributed by atoms with Gasteiger partial charge in [-0.2, -0.15) is 0 Å². The summed E-state index contributed by atoms with van der Waals surface area (Å²) in [6.07, 6.45) is 0. The van der Waals surface area contributed by atoms with Crippen LogP contribution in [0, 0.1) is 0 Å². The number of carbonyl (C=O) groups is 2. The number of hydrogen-bond acceptors (Lipinski definition) is 7. The first-order valence-corrected chi connectivity index (χ1v) is 9.70. The molecule has 32 heavy (non-hydrogen) atoms. The van der Waals surface area contributed by atoms with Crippen LogP contribution in [0.15, 0.2) is 46.6 Å². The van der Waals surface area contributed by atoms with Gasteiger partial charge in [-0.3, -0.25) is 18.7 Å². The number of imidazole rings is 1. The van der Waals surface area contributed by atoms with Gasteiger partial charge in [-0.25, -0.2) is 4.79 Å². The molecule has 0 unspecified atom stereocenters. The van der Waals surface area contributed by atoms with Crippen molar-refractivity contribution >= 4 is 22.6 Å². The number of rotatable bonds is 6. The Balaban J connectivity index is 2.20. The zero-order chi connectivity index (χ0) is 23.2. The summed E-state index contributed by atoms with van der Waals surface area (Å²) in [6, 6.07) is 8.55. The fraction of sp³-hybridized carbons (Fsp3) is 0.261. The molecule has 1 aliphatic carbocycles. The number of fused-ring (bicyclic) bond motifs is 2. The summed E-state index contributed by atoms with van der Waals surface area (Å²) in [5, 5.41) is 0. The number of ether oxygens (including phenoxy) is 4. The van der Waals surface area contributed by atoms with Crippen molar-refractivity contribution in [1.29, 1.82) is 0 Å². The molecule has 0 amide bonds. The molecule has 0 fully saturated rings. The summed E-state index contributed by atoms with van der Waals surface area (Å²) >= 11 is 0. The zero-order valence-corrected chi connectivity index (χ0v) is 18.3. The average Bonchev–Trinajstić information content (AvgIpc) is 3.05. The van der Waals surface area contributed by atoms with Gasteiger partial charge in [0.1, 0.15) is 12.5 Å². The van der Waals surface area contributed by atoms with Gasteiger partial charge >= 0.3 is 5.69 Å². The minimum atomic E-state index is -0.507. The Hall–Kier alpha value is -3.85. The summed E-state index contributed by atoms with van der Waals surface area (Å²) in [6.45, 7) is -0.0312. The van der Waals surface area contributed by atoms with E-state index in [1.165, 1.54) is 36.5 Å². The van der Waals surface area contributed by atoms with Crippen LogP contribution < -0.4 is 10.4 Å². The summed E-state index contributed by atoms with van der Waals surface area (Å²) in [4.78, 5) is 39.8. The quantitative estimate of drug-likeness (QED) is 0.583. The van der Waals surface area contributed by atoms with E-state index in [4.69, 9.17) is 18.9 Å². The van der Waals surface area contributed by atoms with Crippen molar-refractivity contribution in [2.45, 2.75) is 6.73 Å². The first-order chi connectivity index (χ1) is 15.4. The number of methoxy groups -OCH3 is 4. The van der Waals surface area contributed by atoms with E-state index in [2.05, 4.69) is 0 Å². The van der Waals surface area contributed by atoms with E-state index in [1.807, 2.05) is 0 Å². The van der Waals surface area contributed by atoms with Crippen LogP contribution in [-0.4, -0.2) is 49.1 Å². The molecule has 1 aliphatic rings. The summed E-state index contributed by atoms with van der Waals surface area (Å²) in [5.74, 6) is -0.741. The molecule has 0 spiro atoms. The second-order valence-corrected chi connectivity index (χ2v) is 7.18. The number of carbonyl (C=O) groups excluding carboxylic acids is 2. The average molecular weight is 438 g/mol. The lowest BCUT2D eigenvalue weighted by molar-refractivity contribution is 0.0830. The van der Waals surface area contributed by atoms with Crippen LogP contribution in [0.25, 0.3) is 22.2 Å². The molecule has 0 radical (unpaired) electrons. The molecule has 0 saturated heterocycles. The number of benzene rings is 2. The Morgan fingerprint density at radius 3 is 2.00 bits per heavy atom. The standard InChI is InChI=1S/C23H22N2O7/c1-24-15-10-14-17(20(27)22(32-5)21(31-4)19(14)26)16(12-6-8-13(30-3)9-7-12)18(15)25(11-29-2)23(24)28/h6-10H,11H2,1-5H3. The second-order valence-electron chi connectivity index (χ2n) is 7.18. The van der Waals surface area contributed by atoms with E-state index >= 15 is 0 Å². The molecular formula is C23H22N2O7. The van der Waals surface area contributed by atoms with Gasteiger partial charge in [-0.05, 0) is 23.8 Å². The highest BCUT2D eigenvalue weighted by atomic mass is 16.5. The van der Waals surface area contributed by atoms with Crippen molar-refractivity contribution < 1.29 is 28.5 Å². The van der Waals surface area contributed by atoms with Crippen LogP contribution in [-0.2, 0) is 28.0 Å². The first-order valence-electron chi connectivity index (χ1n) is 9.70. The van der Waals surface area contributed by atoms with Crippen molar-refractivity contribution in [1.82, 2.24) is 9.13 Å². The van der Waals surface area contributed by atoms with E-state index in [0.717, 1.165) is 0 Å². The summed E-state index contributed by atoms with van der Waals surface area (Å²) < 4.78 is 23.8. The van der Waals surface area contributed by atoms with Gasteiger partial charge < -0.3 is 18.9 Å². The lowest BCUT2D eigenvalue weighted by atomic mass is 9.85. The minimum Gasteiger partial charge on any atom is -0.497 e. The van der Waals surface area contributed by atoms with Crippen LogP contribution in [0.5, 0.6) is 5.75 Å². The summed E-state index contributed by atoms with van der Waals surface area (Å²) in [7, 11) is 7.23. The SMILES string of the molecule is COCn1c(=O)n(C)c2cc3c(c(-c4ccc(OC)cc4)c21)C(=O)C(OC)=C(OC)C3=O. The molecule has 9 heteroatoms.